The van der Waals surface area contributed by atoms with Gasteiger partial charge in [-0.1, -0.05) is 66.7 Å². The van der Waals surface area contributed by atoms with Gasteiger partial charge in [-0.25, -0.2) is 0 Å². The first-order chi connectivity index (χ1) is 13.5. The quantitative estimate of drug-likeness (QED) is 0.441. The molecule has 4 aliphatic carbocycles. The number of hydrogen-bond acceptors (Lipinski definition) is 1. The van der Waals surface area contributed by atoms with Crippen molar-refractivity contribution in [3.8, 4) is 0 Å². The highest BCUT2D eigenvalue weighted by molar-refractivity contribution is 7.99. The van der Waals surface area contributed by atoms with E-state index in [0.717, 1.165) is 46.8 Å². The predicted octanol–water partition coefficient (Wildman–Crippen LogP) is 8.84. The van der Waals surface area contributed by atoms with Crippen LogP contribution in [0.4, 0.5) is 0 Å². The summed E-state index contributed by atoms with van der Waals surface area (Å²) in [6, 6.07) is 0. The fourth-order valence-corrected chi connectivity index (χ4v) is 9.01. The normalized spacial score (nSPS) is 46.4. The van der Waals surface area contributed by atoms with Crippen molar-refractivity contribution >= 4 is 11.8 Å². The van der Waals surface area contributed by atoms with E-state index in [1.807, 2.05) is 0 Å². The van der Waals surface area contributed by atoms with Crippen molar-refractivity contribution in [3.63, 3.8) is 0 Å². The second-order valence-electron chi connectivity index (χ2n) is 11.5. The van der Waals surface area contributed by atoms with Crippen molar-refractivity contribution in [2.75, 3.05) is 11.5 Å². The molecule has 4 saturated carbocycles. The van der Waals surface area contributed by atoms with E-state index in [9.17, 15) is 0 Å². The van der Waals surface area contributed by atoms with Crippen LogP contribution in [0, 0.1) is 46.8 Å². The fourth-order valence-electron chi connectivity index (χ4n) is 7.70. The third-order valence-corrected chi connectivity index (χ3v) is 10.9. The molecule has 0 bridgehead atoms. The van der Waals surface area contributed by atoms with Gasteiger partial charge in [0.1, 0.15) is 0 Å². The number of hydrogen-bond donors (Lipinski definition) is 0. The summed E-state index contributed by atoms with van der Waals surface area (Å²) >= 11 is 2.08. The molecular formula is C27H50S. The second kappa shape index (κ2) is 10.6. The Morgan fingerprint density at radius 1 is 0.786 bits per heavy atom. The molecule has 1 aliphatic heterocycles. The van der Waals surface area contributed by atoms with Gasteiger partial charge in [-0.2, -0.15) is 11.8 Å². The first kappa shape index (κ1) is 23.0. The van der Waals surface area contributed by atoms with Gasteiger partial charge in [0.15, 0.2) is 0 Å². The average molecular weight is 407 g/mol. The van der Waals surface area contributed by atoms with Gasteiger partial charge in [0.2, 0.25) is 0 Å². The molecule has 1 heterocycles. The molecule has 5 rings (SSSR count). The maximum atomic E-state index is 2.50. The molecule has 1 saturated heterocycles. The maximum absolute atomic E-state index is 2.50. The van der Waals surface area contributed by atoms with Gasteiger partial charge in [0.05, 0.1) is 0 Å². The molecule has 0 N–H and O–H groups in total. The minimum Gasteiger partial charge on any atom is -0.162 e. The highest BCUT2D eigenvalue weighted by atomic mass is 32.2. The molecular weight excluding hydrogens is 356 g/mol. The summed E-state index contributed by atoms with van der Waals surface area (Å²) in [4.78, 5) is 0. The minimum absolute atomic E-state index is 0.806. The number of thioether (sulfide) groups is 1. The van der Waals surface area contributed by atoms with E-state index in [1.165, 1.54) is 75.7 Å². The van der Waals surface area contributed by atoms with Gasteiger partial charge in [0.25, 0.3) is 0 Å². The van der Waals surface area contributed by atoms with Gasteiger partial charge >= 0.3 is 0 Å². The third kappa shape index (κ3) is 5.33. The molecule has 0 aromatic rings. The van der Waals surface area contributed by atoms with Crippen molar-refractivity contribution in [1.82, 2.24) is 0 Å². The zero-order chi connectivity index (χ0) is 20.1. The molecule has 5 fully saturated rings. The van der Waals surface area contributed by atoms with Gasteiger partial charge < -0.3 is 0 Å². The molecule has 5 aliphatic rings. The molecule has 0 aromatic heterocycles. The molecule has 164 valence electrons. The number of fused-ring (bicyclic) bond motifs is 2. The van der Waals surface area contributed by atoms with E-state index < -0.39 is 0 Å². The molecule has 6 atom stereocenters. The molecule has 1 heteroatoms. The molecule has 6 unspecified atom stereocenters. The maximum Gasteiger partial charge on any atom is -0.00415 e. The predicted molar refractivity (Wildman–Crippen MR) is 128 cm³/mol. The molecule has 28 heavy (non-hydrogen) atoms. The van der Waals surface area contributed by atoms with Crippen LogP contribution in [0.5, 0.6) is 0 Å². The highest BCUT2D eigenvalue weighted by Gasteiger charge is 2.49. The fraction of sp³-hybridized carbons (Fsp3) is 1.00. The van der Waals surface area contributed by atoms with Gasteiger partial charge in [-0.05, 0) is 103 Å². The van der Waals surface area contributed by atoms with Crippen LogP contribution in [0.3, 0.4) is 0 Å². The Kier molecular flexibility index (Phi) is 8.71. The summed E-state index contributed by atoms with van der Waals surface area (Å²) in [5.74, 6) is 10.4. The van der Waals surface area contributed by atoms with Crippen molar-refractivity contribution in [2.24, 2.45) is 46.8 Å². The zero-order valence-corrected chi connectivity index (χ0v) is 20.7. The first-order valence-corrected chi connectivity index (χ1v) is 14.2. The Balaban J connectivity index is 0.000000130. The summed E-state index contributed by atoms with van der Waals surface area (Å²) in [6.07, 6.45) is 18.1. The molecule has 0 radical (unpaired) electrons. The Labute approximate surface area is 181 Å². The van der Waals surface area contributed by atoms with Crippen LogP contribution >= 0.6 is 11.8 Å². The van der Waals surface area contributed by atoms with Crippen LogP contribution in [-0.4, -0.2) is 11.5 Å². The largest absolute Gasteiger partial charge is 0.162 e. The SMILES string of the molecule is CC12CCCC1CCC2.CC1CCSC1.CCC1C(CC)C2CC(C)CCC12. The molecule has 0 spiro atoms. The van der Waals surface area contributed by atoms with Crippen molar-refractivity contribution in [3.05, 3.63) is 0 Å². The van der Waals surface area contributed by atoms with E-state index in [1.54, 1.807) is 12.8 Å². The van der Waals surface area contributed by atoms with E-state index in [4.69, 9.17) is 0 Å². The van der Waals surface area contributed by atoms with Crippen LogP contribution in [0.2, 0.25) is 0 Å². The topological polar surface area (TPSA) is 0 Å². The van der Waals surface area contributed by atoms with Crippen LogP contribution in [0.15, 0.2) is 0 Å². The zero-order valence-electron chi connectivity index (χ0n) is 19.8. The van der Waals surface area contributed by atoms with Crippen molar-refractivity contribution in [1.29, 1.82) is 0 Å². The Morgan fingerprint density at radius 2 is 1.43 bits per heavy atom. The monoisotopic (exact) mass is 406 g/mol. The first-order valence-electron chi connectivity index (χ1n) is 13.1. The lowest BCUT2D eigenvalue weighted by Gasteiger charge is -2.56. The van der Waals surface area contributed by atoms with Crippen LogP contribution < -0.4 is 0 Å². The standard InChI is InChI=1S/C13H24.C9H16.C5H10S/c1-4-10-11(5-2)13-8-9(3)6-7-12(10)13;1-9-6-2-4-8(9)5-3-7-9;1-5-2-3-6-4-5/h9-13H,4-8H2,1-3H3;8H,2-7H2,1H3;5H,2-4H2,1H3. The van der Waals surface area contributed by atoms with Gasteiger partial charge in [-0.3, -0.25) is 0 Å². The Hall–Kier alpha value is 0.350. The van der Waals surface area contributed by atoms with E-state index >= 15 is 0 Å². The smallest absolute Gasteiger partial charge is 0.00415 e. The van der Waals surface area contributed by atoms with Gasteiger partial charge in [-0.15, -0.1) is 0 Å². The van der Waals surface area contributed by atoms with Crippen molar-refractivity contribution < 1.29 is 0 Å². The van der Waals surface area contributed by atoms with Crippen LogP contribution in [0.25, 0.3) is 0 Å². The summed E-state index contributed by atoms with van der Waals surface area (Å²) in [7, 11) is 0. The van der Waals surface area contributed by atoms with Crippen LogP contribution in [0.1, 0.15) is 112 Å². The average Bonchev–Trinajstić information content (AvgIpc) is 3.36. The minimum atomic E-state index is 0.806. The van der Waals surface area contributed by atoms with Gasteiger partial charge in [0, 0.05) is 0 Å². The molecule has 0 nitrogen and oxygen atoms in total. The van der Waals surface area contributed by atoms with E-state index in [0.29, 0.717) is 0 Å². The number of rotatable bonds is 2. The second-order valence-corrected chi connectivity index (χ2v) is 12.6. The molecule has 0 amide bonds. The summed E-state index contributed by atoms with van der Waals surface area (Å²) in [6.45, 7) is 12.0. The molecule has 0 aromatic carbocycles. The summed E-state index contributed by atoms with van der Waals surface area (Å²) in [5.41, 5.74) is 0.806. The lowest BCUT2D eigenvalue weighted by atomic mass is 9.49. The van der Waals surface area contributed by atoms with Crippen LogP contribution in [-0.2, 0) is 0 Å². The van der Waals surface area contributed by atoms with Crippen molar-refractivity contribution in [2.45, 2.75) is 112 Å². The third-order valence-electron chi connectivity index (χ3n) is 9.55. The lowest BCUT2D eigenvalue weighted by Crippen LogP contribution is -2.49. The Bertz CT molecular complexity index is 435. The lowest BCUT2D eigenvalue weighted by molar-refractivity contribution is -0.0699. The highest BCUT2D eigenvalue weighted by Crippen LogP contribution is 2.57. The Morgan fingerprint density at radius 3 is 1.89 bits per heavy atom. The summed E-state index contributed by atoms with van der Waals surface area (Å²) in [5, 5.41) is 0. The van der Waals surface area contributed by atoms with E-state index in [-0.39, 0.29) is 0 Å². The summed E-state index contributed by atoms with van der Waals surface area (Å²) < 4.78 is 0. The van der Waals surface area contributed by atoms with E-state index in [2.05, 4.69) is 46.4 Å².